The van der Waals surface area contributed by atoms with E-state index >= 15 is 0 Å². The molecule has 1 aromatic rings. The van der Waals surface area contributed by atoms with Gasteiger partial charge >= 0.3 is 0 Å². The maximum atomic E-state index is 11.2. The molecular weight excluding hydrogens is 166 g/mol. The third-order valence-electron chi connectivity index (χ3n) is 2.10. The summed E-state index contributed by atoms with van der Waals surface area (Å²) in [6.07, 6.45) is 4.12. The number of hydrogen-bond acceptors (Lipinski definition) is 2. The fourth-order valence-electron chi connectivity index (χ4n) is 1.56. The van der Waals surface area contributed by atoms with Gasteiger partial charge in [0, 0.05) is 18.0 Å². The normalized spacial score (nSPS) is 22.4. The number of furan rings is 1. The lowest BCUT2D eigenvalue weighted by atomic mass is 9.98. The van der Waals surface area contributed by atoms with Gasteiger partial charge in [0.15, 0.2) is 0 Å². The summed E-state index contributed by atoms with van der Waals surface area (Å²) in [5.74, 6) is 1.01. The quantitative estimate of drug-likeness (QED) is 0.710. The Morgan fingerprint density at radius 3 is 3.08 bits per heavy atom. The van der Waals surface area contributed by atoms with Crippen molar-refractivity contribution in [3.63, 3.8) is 0 Å². The van der Waals surface area contributed by atoms with Gasteiger partial charge in [0.2, 0.25) is 5.91 Å². The van der Waals surface area contributed by atoms with Gasteiger partial charge in [-0.2, -0.15) is 0 Å². The fourth-order valence-corrected chi connectivity index (χ4v) is 1.56. The molecule has 0 aliphatic carbocycles. The average Bonchev–Trinajstić information content (AvgIpc) is 2.53. The first-order valence-corrected chi connectivity index (χ1v) is 4.27. The van der Waals surface area contributed by atoms with Crippen LogP contribution >= 0.6 is 0 Å². The van der Waals surface area contributed by atoms with E-state index in [1.807, 2.05) is 25.1 Å². The molecule has 1 aliphatic rings. The maximum absolute atomic E-state index is 11.2. The smallest absolute Gasteiger partial charge is 0.225 e. The Morgan fingerprint density at radius 1 is 1.62 bits per heavy atom. The second kappa shape index (κ2) is 3.09. The molecule has 68 valence electrons. The highest BCUT2D eigenvalue weighted by atomic mass is 16.3. The van der Waals surface area contributed by atoms with Gasteiger partial charge in [0.1, 0.15) is 5.76 Å². The molecule has 1 N–H and O–H groups in total. The van der Waals surface area contributed by atoms with E-state index in [0.29, 0.717) is 6.42 Å². The number of hydrogen-bond donors (Lipinski definition) is 1. The van der Waals surface area contributed by atoms with E-state index in [1.165, 1.54) is 0 Å². The monoisotopic (exact) mass is 177 g/mol. The lowest BCUT2D eigenvalue weighted by molar-refractivity contribution is -0.121. The first-order chi connectivity index (χ1) is 6.25. The largest absolute Gasteiger partial charge is 0.469 e. The van der Waals surface area contributed by atoms with Crippen LogP contribution in [0, 0.1) is 0 Å². The zero-order valence-corrected chi connectivity index (χ0v) is 7.41. The van der Waals surface area contributed by atoms with Crippen LogP contribution in [0.4, 0.5) is 0 Å². The molecule has 0 spiro atoms. The van der Waals surface area contributed by atoms with Crippen molar-refractivity contribution in [1.82, 2.24) is 5.32 Å². The van der Waals surface area contributed by atoms with Gasteiger partial charge < -0.3 is 9.73 Å². The highest BCUT2D eigenvalue weighted by Crippen LogP contribution is 2.25. The first kappa shape index (κ1) is 8.10. The van der Waals surface area contributed by atoms with E-state index in [9.17, 15) is 4.79 Å². The average molecular weight is 177 g/mol. The van der Waals surface area contributed by atoms with Crippen LogP contribution in [0.2, 0.25) is 0 Å². The summed E-state index contributed by atoms with van der Waals surface area (Å²) in [7, 11) is 0. The van der Waals surface area contributed by atoms with E-state index < -0.39 is 0 Å². The van der Waals surface area contributed by atoms with Crippen molar-refractivity contribution in [2.24, 2.45) is 0 Å². The molecule has 0 fully saturated rings. The lowest BCUT2D eigenvalue weighted by Gasteiger charge is -2.17. The van der Waals surface area contributed by atoms with Crippen LogP contribution in [-0.2, 0) is 4.79 Å². The Morgan fingerprint density at radius 2 is 2.46 bits per heavy atom. The van der Waals surface area contributed by atoms with Gasteiger partial charge in [-0.1, -0.05) is 6.08 Å². The third-order valence-corrected chi connectivity index (χ3v) is 2.10. The minimum absolute atomic E-state index is 0.0569. The van der Waals surface area contributed by atoms with Gasteiger partial charge in [0.05, 0.1) is 6.26 Å². The summed E-state index contributed by atoms with van der Waals surface area (Å²) in [4.78, 5) is 11.2. The molecule has 1 aromatic heterocycles. The lowest BCUT2D eigenvalue weighted by Crippen LogP contribution is -2.27. The van der Waals surface area contributed by atoms with Gasteiger partial charge in [-0.05, 0) is 19.1 Å². The third kappa shape index (κ3) is 1.64. The molecule has 3 heteroatoms. The molecule has 0 radical (unpaired) electrons. The van der Waals surface area contributed by atoms with Crippen LogP contribution in [-0.4, -0.2) is 5.91 Å². The SMILES string of the molecule is CC1=C[C@@H](c2ccco2)CC(=O)N1. The van der Waals surface area contributed by atoms with Crippen molar-refractivity contribution in [2.45, 2.75) is 19.3 Å². The van der Waals surface area contributed by atoms with Crippen molar-refractivity contribution >= 4 is 5.91 Å². The molecule has 3 nitrogen and oxygen atoms in total. The number of allylic oxidation sites excluding steroid dienone is 2. The summed E-state index contributed by atoms with van der Waals surface area (Å²) >= 11 is 0. The molecule has 0 aromatic carbocycles. The van der Waals surface area contributed by atoms with Crippen molar-refractivity contribution in [3.05, 3.63) is 35.9 Å². The fraction of sp³-hybridized carbons (Fsp3) is 0.300. The second-order valence-electron chi connectivity index (χ2n) is 3.22. The van der Waals surface area contributed by atoms with Crippen molar-refractivity contribution in [2.75, 3.05) is 0 Å². The molecule has 0 bridgehead atoms. The van der Waals surface area contributed by atoms with Gasteiger partial charge in [-0.25, -0.2) is 0 Å². The number of rotatable bonds is 1. The molecule has 0 saturated carbocycles. The predicted octanol–water partition coefficient (Wildman–Crippen LogP) is 1.79. The Balaban J connectivity index is 2.25. The zero-order valence-electron chi connectivity index (χ0n) is 7.41. The summed E-state index contributed by atoms with van der Waals surface area (Å²) in [5, 5.41) is 2.75. The highest BCUT2D eigenvalue weighted by Gasteiger charge is 2.20. The minimum atomic E-state index is 0.0569. The van der Waals surface area contributed by atoms with E-state index in [4.69, 9.17) is 4.42 Å². The van der Waals surface area contributed by atoms with Crippen molar-refractivity contribution in [1.29, 1.82) is 0 Å². The first-order valence-electron chi connectivity index (χ1n) is 4.27. The Hall–Kier alpha value is -1.51. The van der Waals surface area contributed by atoms with Crippen LogP contribution in [0.15, 0.2) is 34.6 Å². The van der Waals surface area contributed by atoms with Crippen LogP contribution in [0.25, 0.3) is 0 Å². The van der Waals surface area contributed by atoms with Crippen LogP contribution in [0.1, 0.15) is 25.0 Å². The molecule has 0 unspecified atom stereocenters. The Bertz CT molecular complexity index is 338. The van der Waals surface area contributed by atoms with Gasteiger partial charge in [-0.15, -0.1) is 0 Å². The van der Waals surface area contributed by atoms with Gasteiger partial charge in [0.25, 0.3) is 0 Å². The van der Waals surface area contributed by atoms with Crippen LogP contribution < -0.4 is 5.32 Å². The molecule has 2 rings (SSSR count). The highest BCUT2D eigenvalue weighted by molar-refractivity contribution is 5.80. The molecule has 0 saturated heterocycles. The molecule has 1 amide bonds. The minimum Gasteiger partial charge on any atom is -0.469 e. The number of amides is 1. The molecule has 1 atom stereocenters. The van der Waals surface area contributed by atoms with Crippen molar-refractivity contribution < 1.29 is 9.21 Å². The number of carbonyl (C=O) groups excluding carboxylic acids is 1. The Kier molecular flexibility index (Phi) is 1.93. The summed E-state index contributed by atoms with van der Waals surface area (Å²) in [6, 6.07) is 3.73. The van der Waals surface area contributed by atoms with Crippen LogP contribution in [0.5, 0.6) is 0 Å². The zero-order chi connectivity index (χ0) is 9.26. The number of carbonyl (C=O) groups is 1. The summed E-state index contributed by atoms with van der Waals surface area (Å²) in [5.41, 5.74) is 0.901. The van der Waals surface area contributed by atoms with Gasteiger partial charge in [-0.3, -0.25) is 4.79 Å². The van der Waals surface area contributed by atoms with E-state index in [2.05, 4.69) is 5.32 Å². The molecule has 2 heterocycles. The summed E-state index contributed by atoms with van der Waals surface area (Å²) in [6.45, 7) is 1.88. The molecule has 13 heavy (non-hydrogen) atoms. The molecule has 1 aliphatic heterocycles. The summed E-state index contributed by atoms with van der Waals surface area (Å²) < 4.78 is 5.25. The van der Waals surface area contributed by atoms with Crippen LogP contribution in [0.3, 0.4) is 0 Å². The maximum Gasteiger partial charge on any atom is 0.225 e. The number of nitrogens with one attached hydrogen (secondary N) is 1. The van der Waals surface area contributed by atoms with E-state index in [-0.39, 0.29) is 11.8 Å². The molecular formula is C10H11NO2. The Labute approximate surface area is 76.4 Å². The van der Waals surface area contributed by atoms with E-state index in [1.54, 1.807) is 6.26 Å². The van der Waals surface area contributed by atoms with Crippen molar-refractivity contribution in [3.8, 4) is 0 Å². The topological polar surface area (TPSA) is 42.2 Å². The standard InChI is InChI=1S/C10H11NO2/c1-7-5-8(6-10(12)11-7)9-3-2-4-13-9/h2-5,8H,6H2,1H3,(H,11,12)/t8-/m1/s1. The predicted molar refractivity (Wildman–Crippen MR) is 48.0 cm³/mol. The van der Waals surface area contributed by atoms with E-state index in [0.717, 1.165) is 11.5 Å². The second-order valence-corrected chi connectivity index (χ2v) is 3.22.